The van der Waals surface area contributed by atoms with Gasteiger partial charge in [-0.3, -0.25) is 4.98 Å². The largest absolute Gasteiger partial charge is 0.397 e. The van der Waals surface area contributed by atoms with Gasteiger partial charge in [-0.15, -0.1) is 24.8 Å². The number of aromatic nitrogens is 3. The summed E-state index contributed by atoms with van der Waals surface area (Å²) in [6, 6.07) is 3.56. The average molecular weight is 245 g/mol. The van der Waals surface area contributed by atoms with Crippen molar-refractivity contribution in [2.75, 3.05) is 5.73 Å². The third-order valence-electron chi connectivity index (χ3n) is 1.58. The summed E-state index contributed by atoms with van der Waals surface area (Å²) in [4.78, 5) is 12.1. The predicted molar refractivity (Wildman–Crippen MR) is 64.2 cm³/mol. The Labute approximate surface area is 99.8 Å². The van der Waals surface area contributed by atoms with Gasteiger partial charge in [-0.2, -0.15) is 0 Å². The normalized spacial score (nSPS) is 8.53. The summed E-state index contributed by atoms with van der Waals surface area (Å²) in [5.41, 5.74) is 7.03. The Morgan fingerprint density at radius 1 is 1.00 bits per heavy atom. The molecule has 0 aliphatic carbocycles. The fourth-order valence-corrected chi connectivity index (χ4v) is 1.03. The zero-order valence-electron chi connectivity index (χ0n) is 7.70. The monoisotopic (exact) mass is 244 g/mol. The predicted octanol–water partition coefficient (Wildman–Crippen LogP) is 1.96. The molecule has 80 valence electrons. The molecule has 6 heteroatoms. The van der Waals surface area contributed by atoms with E-state index in [0.717, 1.165) is 5.56 Å². The van der Waals surface area contributed by atoms with Crippen LogP contribution in [0.3, 0.4) is 0 Å². The van der Waals surface area contributed by atoms with E-state index in [2.05, 4.69) is 15.0 Å². The SMILES string of the molecule is Cl.Cl.Nc1cncc(-c2ncccn2)c1. The maximum absolute atomic E-state index is 5.58. The highest BCUT2D eigenvalue weighted by atomic mass is 35.5. The van der Waals surface area contributed by atoms with Crippen molar-refractivity contribution < 1.29 is 0 Å². The van der Waals surface area contributed by atoms with Crippen LogP contribution in [-0.2, 0) is 0 Å². The van der Waals surface area contributed by atoms with E-state index in [9.17, 15) is 0 Å². The molecule has 4 nitrogen and oxygen atoms in total. The van der Waals surface area contributed by atoms with Crippen LogP contribution in [0.15, 0.2) is 36.9 Å². The molecule has 2 rings (SSSR count). The van der Waals surface area contributed by atoms with Gasteiger partial charge in [-0.25, -0.2) is 9.97 Å². The lowest BCUT2D eigenvalue weighted by Gasteiger charge is -1.98. The van der Waals surface area contributed by atoms with Crippen LogP contribution in [-0.4, -0.2) is 15.0 Å². The second kappa shape index (κ2) is 6.16. The number of anilines is 1. The highest BCUT2D eigenvalue weighted by molar-refractivity contribution is 5.85. The summed E-state index contributed by atoms with van der Waals surface area (Å²) < 4.78 is 0. The maximum Gasteiger partial charge on any atom is 0.160 e. The van der Waals surface area contributed by atoms with Gasteiger partial charge in [0.1, 0.15) is 0 Å². The molecule has 2 aromatic heterocycles. The first-order valence-electron chi connectivity index (χ1n) is 3.84. The molecule has 0 amide bonds. The lowest BCUT2D eigenvalue weighted by molar-refractivity contribution is 1.16. The van der Waals surface area contributed by atoms with Gasteiger partial charge in [0.2, 0.25) is 0 Å². The third kappa shape index (κ3) is 3.34. The number of hydrogen-bond acceptors (Lipinski definition) is 4. The number of rotatable bonds is 1. The summed E-state index contributed by atoms with van der Waals surface area (Å²) in [5, 5.41) is 0. The molecule has 0 bridgehead atoms. The zero-order chi connectivity index (χ0) is 9.10. The second-order valence-electron chi connectivity index (χ2n) is 2.58. The minimum atomic E-state index is 0. The van der Waals surface area contributed by atoms with Crippen molar-refractivity contribution in [1.29, 1.82) is 0 Å². The van der Waals surface area contributed by atoms with Crippen LogP contribution in [0, 0.1) is 0 Å². The minimum absolute atomic E-state index is 0. The Balaban J connectivity index is 0.000000980. The van der Waals surface area contributed by atoms with Gasteiger partial charge >= 0.3 is 0 Å². The molecule has 0 unspecified atom stereocenters. The van der Waals surface area contributed by atoms with Gasteiger partial charge in [0.05, 0.1) is 5.69 Å². The molecule has 0 fully saturated rings. The van der Waals surface area contributed by atoms with Crippen LogP contribution < -0.4 is 5.73 Å². The van der Waals surface area contributed by atoms with Crippen molar-refractivity contribution in [2.45, 2.75) is 0 Å². The van der Waals surface area contributed by atoms with E-state index in [0.29, 0.717) is 11.5 Å². The van der Waals surface area contributed by atoms with E-state index in [-0.39, 0.29) is 24.8 Å². The smallest absolute Gasteiger partial charge is 0.160 e. The van der Waals surface area contributed by atoms with E-state index >= 15 is 0 Å². The molecule has 0 aliphatic rings. The summed E-state index contributed by atoms with van der Waals surface area (Å²) in [6.45, 7) is 0. The standard InChI is InChI=1S/C9H8N4.2ClH/c10-8-4-7(5-11-6-8)9-12-2-1-3-13-9;;/h1-6H,10H2;2*1H. The molecule has 0 aromatic carbocycles. The van der Waals surface area contributed by atoms with Crippen LogP contribution in [0.4, 0.5) is 5.69 Å². The fraction of sp³-hybridized carbons (Fsp3) is 0. The van der Waals surface area contributed by atoms with Crippen LogP contribution in [0.25, 0.3) is 11.4 Å². The molecule has 0 atom stereocenters. The number of nitrogens with two attached hydrogens (primary N) is 1. The third-order valence-corrected chi connectivity index (χ3v) is 1.58. The molecule has 2 heterocycles. The summed E-state index contributed by atoms with van der Waals surface area (Å²) in [7, 11) is 0. The highest BCUT2D eigenvalue weighted by Gasteiger charge is 1.99. The van der Waals surface area contributed by atoms with Crippen molar-refractivity contribution >= 4 is 30.5 Å². The van der Waals surface area contributed by atoms with E-state index in [4.69, 9.17) is 5.73 Å². The number of pyridine rings is 1. The van der Waals surface area contributed by atoms with Gasteiger partial charge in [0.15, 0.2) is 5.82 Å². The van der Waals surface area contributed by atoms with Crippen LogP contribution >= 0.6 is 24.8 Å². The Morgan fingerprint density at radius 3 is 2.27 bits per heavy atom. The number of halogens is 2. The maximum atomic E-state index is 5.58. The molecular formula is C9H10Cl2N4. The molecular weight excluding hydrogens is 235 g/mol. The van der Waals surface area contributed by atoms with Gasteiger partial charge < -0.3 is 5.73 Å². The average Bonchev–Trinajstić information content (AvgIpc) is 2.19. The number of nitrogen functional groups attached to an aromatic ring is 1. The van der Waals surface area contributed by atoms with Crippen molar-refractivity contribution in [3.05, 3.63) is 36.9 Å². The Morgan fingerprint density at radius 2 is 1.67 bits per heavy atom. The summed E-state index contributed by atoms with van der Waals surface area (Å²) in [6.07, 6.45) is 6.65. The minimum Gasteiger partial charge on any atom is -0.397 e. The molecule has 0 radical (unpaired) electrons. The van der Waals surface area contributed by atoms with E-state index < -0.39 is 0 Å². The van der Waals surface area contributed by atoms with Crippen molar-refractivity contribution in [3.63, 3.8) is 0 Å². The molecule has 2 aromatic rings. The molecule has 15 heavy (non-hydrogen) atoms. The summed E-state index contributed by atoms with van der Waals surface area (Å²) in [5.74, 6) is 0.641. The van der Waals surface area contributed by atoms with Crippen LogP contribution in [0.2, 0.25) is 0 Å². The first-order valence-corrected chi connectivity index (χ1v) is 3.84. The highest BCUT2D eigenvalue weighted by Crippen LogP contribution is 2.14. The van der Waals surface area contributed by atoms with Gasteiger partial charge in [0.25, 0.3) is 0 Å². The Hall–Kier alpha value is -1.39. The van der Waals surface area contributed by atoms with E-state index in [1.807, 2.05) is 0 Å². The molecule has 0 aliphatic heterocycles. The van der Waals surface area contributed by atoms with Crippen molar-refractivity contribution in [1.82, 2.24) is 15.0 Å². The lowest BCUT2D eigenvalue weighted by atomic mass is 10.2. The van der Waals surface area contributed by atoms with Gasteiger partial charge in [-0.05, 0) is 12.1 Å². The molecule has 0 spiro atoms. The van der Waals surface area contributed by atoms with E-state index in [1.165, 1.54) is 0 Å². The Kier molecular flexibility index (Phi) is 5.59. The van der Waals surface area contributed by atoms with Crippen molar-refractivity contribution in [3.8, 4) is 11.4 Å². The molecule has 0 saturated carbocycles. The first-order chi connectivity index (χ1) is 6.36. The second-order valence-corrected chi connectivity index (χ2v) is 2.58. The van der Waals surface area contributed by atoms with Gasteiger partial charge in [-0.1, -0.05) is 0 Å². The Bertz CT molecular complexity index is 408. The summed E-state index contributed by atoms with van der Waals surface area (Å²) >= 11 is 0. The number of hydrogen-bond donors (Lipinski definition) is 1. The van der Waals surface area contributed by atoms with E-state index in [1.54, 1.807) is 36.9 Å². The first kappa shape index (κ1) is 13.6. The lowest BCUT2D eigenvalue weighted by Crippen LogP contribution is -1.91. The van der Waals surface area contributed by atoms with Crippen molar-refractivity contribution in [2.24, 2.45) is 0 Å². The van der Waals surface area contributed by atoms with Gasteiger partial charge in [0, 0.05) is 30.4 Å². The quantitative estimate of drug-likeness (QED) is 0.834. The van der Waals surface area contributed by atoms with Crippen LogP contribution in [0.1, 0.15) is 0 Å². The van der Waals surface area contributed by atoms with Crippen LogP contribution in [0.5, 0.6) is 0 Å². The fourth-order valence-electron chi connectivity index (χ4n) is 1.03. The molecule has 2 N–H and O–H groups in total. The topological polar surface area (TPSA) is 64.7 Å². The number of nitrogens with zero attached hydrogens (tertiary/aromatic N) is 3. The zero-order valence-corrected chi connectivity index (χ0v) is 9.33. The molecule has 0 saturated heterocycles.